The Morgan fingerprint density at radius 1 is 0.920 bits per heavy atom. The van der Waals surface area contributed by atoms with Crippen LogP contribution in [-0.2, 0) is 16.4 Å². The normalized spacial score (nSPS) is 11.3. The van der Waals surface area contributed by atoms with Gasteiger partial charge in [-0.1, -0.05) is 54.6 Å². The maximum atomic E-state index is 12.0. The smallest absolute Gasteiger partial charge is 0.179 e. The van der Waals surface area contributed by atoms with Gasteiger partial charge in [0.2, 0.25) is 0 Å². The summed E-state index contributed by atoms with van der Waals surface area (Å²) in [7, 11) is -1.48. The van der Waals surface area contributed by atoms with E-state index in [-0.39, 0.29) is 4.90 Å². The fourth-order valence-electron chi connectivity index (χ4n) is 2.85. The van der Waals surface area contributed by atoms with E-state index in [4.69, 9.17) is 0 Å². The highest BCUT2D eigenvalue weighted by Gasteiger charge is 2.18. The Balaban J connectivity index is 1.97. The molecule has 0 radical (unpaired) electrons. The maximum Gasteiger partial charge on any atom is 0.179 e. The van der Waals surface area contributed by atoms with Crippen LogP contribution in [0.15, 0.2) is 77.8 Å². The second-order valence-corrected chi connectivity index (χ2v) is 7.96. The zero-order valence-electron chi connectivity index (χ0n) is 14.3. The second kappa shape index (κ2) is 7.07. The van der Waals surface area contributed by atoms with Gasteiger partial charge in [-0.3, -0.25) is 0 Å². The minimum absolute atomic E-state index is 0.245. The summed E-state index contributed by atoms with van der Waals surface area (Å²) in [5.74, 6) is 0.466. The Morgan fingerprint density at radius 2 is 1.60 bits per heavy atom. The predicted molar refractivity (Wildman–Crippen MR) is 101 cm³/mol. The highest BCUT2D eigenvalue weighted by atomic mass is 32.2. The fraction of sp³-hybridized carbons (Fsp3) is 0.150. The summed E-state index contributed by atoms with van der Waals surface area (Å²) < 4.78 is 24.1. The fourth-order valence-corrected chi connectivity index (χ4v) is 3.71. The summed E-state index contributed by atoms with van der Waals surface area (Å²) in [6.07, 6.45) is 2.82. The van der Waals surface area contributed by atoms with E-state index >= 15 is 0 Å². The van der Waals surface area contributed by atoms with Gasteiger partial charge in [0.05, 0.1) is 0 Å². The molecule has 128 valence electrons. The van der Waals surface area contributed by atoms with Crippen LogP contribution in [0.5, 0.6) is 0 Å². The van der Waals surface area contributed by atoms with Crippen molar-refractivity contribution in [1.29, 1.82) is 0 Å². The molecule has 0 bridgehead atoms. The topological polar surface area (TPSA) is 50.3 Å². The SMILES string of the molecule is CN(Cc1ccccc1-c1ccccc1)c1ncccc1S(C)(=O)=O. The van der Waals surface area contributed by atoms with Crippen molar-refractivity contribution < 1.29 is 8.42 Å². The number of benzene rings is 2. The van der Waals surface area contributed by atoms with Gasteiger partial charge in [-0.25, -0.2) is 13.4 Å². The van der Waals surface area contributed by atoms with Gasteiger partial charge >= 0.3 is 0 Å². The average molecular weight is 352 g/mol. The number of pyridine rings is 1. The van der Waals surface area contributed by atoms with Gasteiger partial charge in [0.15, 0.2) is 9.84 Å². The van der Waals surface area contributed by atoms with Crippen LogP contribution in [0.3, 0.4) is 0 Å². The molecule has 3 aromatic rings. The van der Waals surface area contributed by atoms with Crippen LogP contribution in [-0.4, -0.2) is 26.7 Å². The molecule has 5 heteroatoms. The van der Waals surface area contributed by atoms with E-state index in [1.54, 1.807) is 18.3 Å². The zero-order valence-corrected chi connectivity index (χ0v) is 15.1. The van der Waals surface area contributed by atoms with Gasteiger partial charge in [0, 0.05) is 26.0 Å². The highest BCUT2D eigenvalue weighted by Crippen LogP contribution is 2.27. The van der Waals surface area contributed by atoms with Crippen molar-refractivity contribution in [2.75, 3.05) is 18.2 Å². The number of sulfone groups is 1. The van der Waals surface area contributed by atoms with Crippen molar-refractivity contribution in [3.05, 3.63) is 78.5 Å². The highest BCUT2D eigenvalue weighted by molar-refractivity contribution is 7.90. The molecule has 0 spiro atoms. The number of anilines is 1. The van der Waals surface area contributed by atoms with Crippen molar-refractivity contribution in [3.63, 3.8) is 0 Å². The molecule has 0 aliphatic rings. The molecule has 0 aliphatic heterocycles. The van der Waals surface area contributed by atoms with Crippen LogP contribution >= 0.6 is 0 Å². The van der Waals surface area contributed by atoms with Crippen LogP contribution in [0, 0.1) is 0 Å². The lowest BCUT2D eigenvalue weighted by Gasteiger charge is -2.22. The molecular weight excluding hydrogens is 332 g/mol. The number of hydrogen-bond acceptors (Lipinski definition) is 4. The van der Waals surface area contributed by atoms with Gasteiger partial charge < -0.3 is 4.90 Å². The first-order valence-corrected chi connectivity index (χ1v) is 9.85. The van der Waals surface area contributed by atoms with E-state index in [0.29, 0.717) is 12.4 Å². The lowest BCUT2D eigenvalue weighted by atomic mass is 9.99. The molecule has 0 unspecified atom stereocenters. The van der Waals surface area contributed by atoms with Crippen molar-refractivity contribution >= 4 is 15.7 Å². The van der Waals surface area contributed by atoms with E-state index in [1.807, 2.05) is 42.3 Å². The summed E-state index contributed by atoms with van der Waals surface area (Å²) in [5.41, 5.74) is 3.38. The second-order valence-electron chi connectivity index (χ2n) is 5.98. The van der Waals surface area contributed by atoms with Gasteiger partial charge in [-0.05, 0) is 28.8 Å². The molecule has 25 heavy (non-hydrogen) atoms. The van der Waals surface area contributed by atoms with Gasteiger partial charge in [0.25, 0.3) is 0 Å². The van der Waals surface area contributed by atoms with E-state index in [2.05, 4.69) is 29.2 Å². The van der Waals surface area contributed by atoms with Crippen LogP contribution < -0.4 is 4.90 Å². The Morgan fingerprint density at radius 3 is 2.32 bits per heavy atom. The first kappa shape index (κ1) is 17.2. The van der Waals surface area contributed by atoms with Gasteiger partial charge in [-0.15, -0.1) is 0 Å². The summed E-state index contributed by atoms with van der Waals surface area (Å²) in [6.45, 7) is 0.560. The summed E-state index contributed by atoms with van der Waals surface area (Å²) >= 11 is 0. The molecule has 0 saturated carbocycles. The third-order valence-corrected chi connectivity index (χ3v) is 5.14. The molecule has 3 rings (SSSR count). The molecule has 4 nitrogen and oxygen atoms in total. The molecular formula is C20H20N2O2S. The molecule has 0 atom stereocenters. The molecule has 0 saturated heterocycles. The number of hydrogen-bond donors (Lipinski definition) is 0. The van der Waals surface area contributed by atoms with Crippen LogP contribution in [0.25, 0.3) is 11.1 Å². The minimum atomic E-state index is -3.34. The summed E-state index contributed by atoms with van der Waals surface area (Å²) in [6, 6.07) is 21.5. The van der Waals surface area contributed by atoms with E-state index in [9.17, 15) is 8.42 Å². The van der Waals surface area contributed by atoms with Gasteiger partial charge in [0.1, 0.15) is 10.7 Å². The Hall–Kier alpha value is -2.66. The number of rotatable bonds is 5. The van der Waals surface area contributed by atoms with Crippen molar-refractivity contribution in [2.24, 2.45) is 0 Å². The first-order valence-electron chi connectivity index (χ1n) is 7.96. The molecule has 1 heterocycles. The summed E-state index contributed by atoms with van der Waals surface area (Å²) in [5, 5.41) is 0. The molecule has 2 aromatic carbocycles. The molecule has 0 N–H and O–H groups in total. The van der Waals surface area contributed by atoms with Crippen LogP contribution in [0.2, 0.25) is 0 Å². The van der Waals surface area contributed by atoms with Crippen molar-refractivity contribution in [1.82, 2.24) is 4.98 Å². The van der Waals surface area contributed by atoms with Crippen LogP contribution in [0.4, 0.5) is 5.82 Å². The molecule has 0 fully saturated rings. The lowest BCUT2D eigenvalue weighted by molar-refractivity contribution is 0.601. The van der Waals surface area contributed by atoms with Crippen LogP contribution in [0.1, 0.15) is 5.56 Å². The largest absolute Gasteiger partial charge is 0.354 e. The van der Waals surface area contributed by atoms with E-state index < -0.39 is 9.84 Å². The minimum Gasteiger partial charge on any atom is -0.354 e. The monoisotopic (exact) mass is 352 g/mol. The zero-order chi connectivity index (χ0) is 17.9. The molecule has 1 aromatic heterocycles. The Labute approximate surface area is 148 Å². The Bertz CT molecular complexity index is 970. The molecule has 0 amide bonds. The number of nitrogens with zero attached hydrogens (tertiary/aromatic N) is 2. The number of aromatic nitrogens is 1. The first-order chi connectivity index (χ1) is 12.0. The van der Waals surface area contributed by atoms with Crippen molar-refractivity contribution in [3.8, 4) is 11.1 Å². The van der Waals surface area contributed by atoms with Gasteiger partial charge in [-0.2, -0.15) is 0 Å². The molecule has 0 aliphatic carbocycles. The predicted octanol–water partition coefficient (Wildman–Crippen LogP) is 3.79. The van der Waals surface area contributed by atoms with E-state index in [0.717, 1.165) is 16.7 Å². The average Bonchev–Trinajstić information content (AvgIpc) is 2.62. The lowest BCUT2D eigenvalue weighted by Crippen LogP contribution is -2.20. The van der Waals surface area contributed by atoms with E-state index in [1.165, 1.54) is 6.26 Å². The standard InChI is InChI=1S/C20H20N2O2S/c1-22(20-19(25(2,23)24)13-8-14-21-20)15-17-11-6-7-12-18(17)16-9-4-3-5-10-16/h3-14H,15H2,1-2H3. The third-order valence-electron chi connectivity index (χ3n) is 4.02. The maximum absolute atomic E-state index is 12.0. The summed E-state index contributed by atoms with van der Waals surface area (Å²) in [4.78, 5) is 6.41. The quantitative estimate of drug-likeness (QED) is 0.701. The Kier molecular flexibility index (Phi) is 4.86. The van der Waals surface area contributed by atoms with Crippen molar-refractivity contribution in [2.45, 2.75) is 11.4 Å². The third kappa shape index (κ3) is 3.88.